The summed E-state index contributed by atoms with van der Waals surface area (Å²) in [7, 11) is 1.66. The van der Waals surface area contributed by atoms with Crippen LogP contribution in [0.5, 0.6) is 0 Å². The van der Waals surface area contributed by atoms with Crippen LogP contribution in [0.25, 0.3) is 0 Å². The highest BCUT2D eigenvalue weighted by atomic mass is 16.1. The number of amides is 1. The van der Waals surface area contributed by atoms with Crippen LogP contribution >= 0.6 is 0 Å². The number of rotatable bonds is 4. The molecule has 86 valence electrons. The average molecular weight is 212 g/mol. The van der Waals surface area contributed by atoms with Crippen molar-refractivity contribution >= 4 is 12.2 Å². The smallest absolute Gasteiger partial charge is 0.224 e. The Labute approximate surface area is 91.0 Å². The molecule has 0 aliphatic carbocycles. The number of aldehydes is 1. The van der Waals surface area contributed by atoms with E-state index in [0.717, 1.165) is 19.3 Å². The molecule has 1 amide bonds. The van der Waals surface area contributed by atoms with Crippen molar-refractivity contribution in [2.24, 2.45) is 11.8 Å². The fraction of sp³-hybridized carbons (Fsp3) is 0.818. The lowest BCUT2D eigenvalue weighted by atomic mass is 10.0. The number of nitrogens with zero attached hydrogens (tertiary/aromatic N) is 1. The minimum Gasteiger partial charge on any atom is -0.359 e. The number of hydrogen-bond donors (Lipinski definition) is 1. The molecule has 4 heteroatoms. The predicted octanol–water partition coefficient (Wildman–Crippen LogP) is 0.278. The van der Waals surface area contributed by atoms with Gasteiger partial charge in [-0.05, 0) is 18.9 Å². The van der Waals surface area contributed by atoms with Gasteiger partial charge in [0.1, 0.15) is 6.29 Å². The average Bonchev–Trinajstić information content (AvgIpc) is 2.66. The Morgan fingerprint density at radius 3 is 2.67 bits per heavy atom. The van der Waals surface area contributed by atoms with Crippen LogP contribution in [-0.4, -0.2) is 43.3 Å². The molecule has 1 fully saturated rings. The highest BCUT2D eigenvalue weighted by molar-refractivity contribution is 5.79. The summed E-state index contributed by atoms with van der Waals surface area (Å²) in [5.74, 6) is 0.452. The highest BCUT2D eigenvalue weighted by Crippen LogP contribution is 2.21. The molecule has 1 saturated heterocycles. The van der Waals surface area contributed by atoms with Crippen LogP contribution in [0, 0.1) is 11.8 Å². The van der Waals surface area contributed by atoms with E-state index in [1.807, 2.05) is 13.8 Å². The monoisotopic (exact) mass is 212 g/mol. The molecule has 0 radical (unpaired) electrons. The van der Waals surface area contributed by atoms with Gasteiger partial charge in [0.05, 0.1) is 12.0 Å². The van der Waals surface area contributed by atoms with Crippen LogP contribution in [0.2, 0.25) is 0 Å². The predicted molar refractivity (Wildman–Crippen MR) is 58.4 cm³/mol. The Morgan fingerprint density at radius 2 is 2.20 bits per heavy atom. The van der Waals surface area contributed by atoms with Gasteiger partial charge in [-0.3, -0.25) is 9.69 Å². The Balaban J connectivity index is 2.54. The summed E-state index contributed by atoms with van der Waals surface area (Å²) in [5, 5.41) is 2.66. The molecule has 1 aliphatic heterocycles. The molecule has 1 N–H and O–H groups in total. The van der Waals surface area contributed by atoms with Crippen molar-refractivity contribution in [2.45, 2.75) is 26.3 Å². The maximum absolute atomic E-state index is 11.4. The van der Waals surface area contributed by atoms with Gasteiger partial charge in [-0.15, -0.1) is 0 Å². The van der Waals surface area contributed by atoms with Gasteiger partial charge in [-0.1, -0.05) is 13.8 Å². The Morgan fingerprint density at radius 1 is 1.53 bits per heavy atom. The standard InChI is InChI=1S/C11H20N2O2/c1-8(2)10(7-14)13-5-4-9(6-13)11(15)12-3/h7-10H,4-6H2,1-3H3,(H,12,15). The van der Waals surface area contributed by atoms with Gasteiger partial charge in [0.15, 0.2) is 0 Å². The van der Waals surface area contributed by atoms with Gasteiger partial charge in [0, 0.05) is 13.6 Å². The summed E-state index contributed by atoms with van der Waals surface area (Å²) < 4.78 is 0. The molecule has 1 aliphatic rings. The summed E-state index contributed by atoms with van der Waals surface area (Å²) in [4.78, 5) is 24.5. The van der Waals surface area contributed by atoms with Crippen molar-refractivity contribution in [1.29, 1.82) is 0 Å². The summed E-state index contributed by atoms with van der Waals surface area (Å²) in [6.07, 6.45) is 1.85. The largest absolute Gasteiger partial charge is 0.359 e. The molecule has 0 aromatic heterocycles. The van der Waals surface area contributed by atoms with Gasteiger partial charge in [0.25, 0.3) is 0 Å². The zero-order valence-corrected chi connectivity index (χ0v) is 9.69. The topological polar surface area (TPSA) is 49.4 Å². The second-order valence-corrected chi connectivity index (χ2v) is 4.47. The van der Waals surface area contributed by atoms with Crippen LogP contribution < -0.4 is 5.32 Å². The zero-order chi connectivity index (χ0) is 11.4. The van der Waals surface area contributed by atoms with Crippen molar-refractivity contribution in [1.82, 2.24) is 10.2 Å². The quantitative estimate of drug-likeness (QED) is 0.681. The molecule has 1 rings (SSSR count). The van der Waals surface area contributed by atoms with E-state index >= 15 is 0 Å². The normalized spacial score (nSPS) is 24.1. The maximum Gasteiger partial charge on any atom is 0.224 e. The lowest BCUT2D eigenvalue weighted by molar-refractivity contribution is -0.124. The first-order valence-corrected chi connectivity index (χ1v) is 5.51. The van der Waals surface area contributed by atoms with Crippen LogP contribution in [0.4, 0.5) is 0 Å². The number of carbonyl (C=O) groups excluding carboxylic acids is 2. The molecule has 2 atom stereocenters. The number of nitrogens with one attached hydrogen (secondary N) is 1. The first-order chi connectivity index (χ1) is 7.10. The first-order valence-electron chi connectivity index (χ1n) is 5.51. The van der Waals surface area contributed by atoms with E-state index < -0.39 is 0 Å². The molecule has 4 nitrogen and oxygen atoms in total. The van der Waals surface area contributed by atoms with E-state index in [1.54, 1.807) is 7.05 Å². The first kappa shape index (κ1) is 12.2. The van der Waals surface area contributed by atoms with Crippen LogP contribution in [-0.2, 0) is 9.59 Å². The van der Waals surface area contributed by atoms with Crippen molar-refractivity contribution in [3.8, 4) is 0 Å². The van der Waals surface area contributed by atoms with E-state index in [9.17, 15) is 9.59 Å². The van der Waals surface area contributed by atoms with Gasteiger partial charge < -0.3 is 10.1 Å². The molecule has 0 saturated carbocycles. The van der Waals surface area contributed by atoms with Gasteiger partial charge >= 0.3 is 0 Å². The number of hydrogen-bond acceptors (Lipinski definition) is 3. The van der Waals surface area contributed by atoms with Crippen molar-refractivity contribution in [3.05, 3.63) is 0 Å². The van der Waals surface area contributed by atoms with Crippen molar-refractivity contribution < 1.29 is 9.59 Å². The third-order valence-corrected chi connectivity index (χ3v) is 3.08. The zero-order valence-electron chi connectivity index (χ0n) is 9.69. The molecule has 0 bridgehead atoms. The van der Waals surface area contributed by atoms with Crippen molar-refractivity contribution in [3.63, 3.8) is 0 Å². The second-order valence-electron chi connectivity index (χ2n) is 4.47. The number of carbonyl (C=O) groups is 2. The Bertz CT molecular complexity index is 241. The summed E-state index contributed by atoms with van der Waals surface area (Å²) in [6.45, 7) is 5.62. The SMILES string of the molecule is CNC(=O)C1CCN(C(C=O)C(C)C)C1. The molecule has 0 spiro atoms. The minimum atomic E-state index is -0.0420. The van der Waals surface area contributed by atoms with Crippen LogP contribution in [0.3, 0.4) is 0 Å². The molecule has 15 heavy (non-hydrogen) atoms. The molecule has 0 aromatic rings. The molecular weight excluding hydrogens is 192 g/mol. The third-order valence-electron chi connectivity index (χ3n) is 3.08. The van der Waals surface area contributed by atoms with Crippen LogP contribution in [0.15, 0.2) is 0 Å². The fourth-order valence-corrected chi connectivity index (χ4v) is 2.14. The van der Waals surface area contributed by atoms with Gasteiger partial charge in [-0.25, -0.2) is 0 Å². The van der Waals surface area contributed by atoms with E-state index in [-0.39, 0.29) is 17.9 Å². The summed E-state index contributed by atoms with van der Waals surface area (Å²) in [6, 6.07) is -0.0420. The van der Waals surface area contributed by atoms with E-state index in [0.29, 0.717) is 12.5 Å². The lowest BCUT2D eigenvalue weighted by Crippen LogP contribution is -2.39. The third kappa shape index (κ3) is 2.78. The van der Waals surface area contributed by atoms with Gasteiger partial charge in [0.2, 0.25) is 5.91 Å². The Kier molecular flexibility index (Phi) is 4.27. The highest BCUT2D eigenvalue weighted by Gasteiger charge is 2.32. The van der Waals surface area contributed by atoms with Crippen molar-refractivity contribution in [2.75, 3.05) is 20.1 Å². The fourth-order valence-electron chi connectivity index (χ4n) is 2.14. The van der Waals surface area contributed by atoms with Crippen LogP contribution in [0.1, 0.15) is 20.3 Å². The second kappa shape index (κ2) is 5.26. The van der Waals surface area contributed by atoms with E-state index in [4.69, 9.17) is 0 Å². The van der Waals surface area contributed by atoms with Gasteiger partial charge in [-0.2, -0.15) is 0 Å². The molecule has 0 aromatic carbocycles. The lowest BCUT2D eigenvalue weighted by Gasteiger charge is -2.25. The number of likely N-dealkylation sites (tertiary alicyclic amines) is 1. The molecule has 1 heterocycles. The summed E-state index contributed by atoms with van der Waals surface area (Å²) in [5.41, 5.74) is 0. The Hall–Kier alpha value is -0.900. The molecule has 2 unspecified atom stereocenters. The van der Waals surface area contributed by atoms with E-state index in [2.05, 4.69) is 10.2 Å². The maximum atomic E-state index is 11.4. The van der Waals surface area contributed by atoms with E-state index in [1.165, 1.54) is 0 Å². The summed E-state index contributed by atoms with van der Waals surface area (Å²) >= 11 is 0. The molecular formula is C11H20N2O2. The minimum absolute atomic E-state index is 0.0420.